The smallest absolute Gasteiger partial charge is 0.275 e. The van der Waals surface area contributed by atoms with Gasteiger partial charge in [-0.25, -0.2) is 4.98 Å². The summed E-state index contributed by atoms with van der Waals surface area (Å²) in [5.74, 6) is -1.09. The number of pyridine rings is 1. The van der Waals surface area contributed by atoms with Crippen molar-refractivity contribution in [1.29, 1.82) is 0 Å². The van der Waals surface area contributed by atoms with Crippen molar-refractivity contribution in [2.75, 3.05) is 7.05 Å². The maximum atomic E-state index is 12.1. The first kappa shape index (κ1) is 20.1. The van der Waals surface area contributed by atoms with E-state index in [-0.39, 0.29) is 11.2 Å². The van der Waals surface area contributed by atoms with E-state index >= 15 is 0 Å². The second kappa shape index (κ2) is 7.93. The van der Waals surface area contributed by atoms with Crippen LogP contribution in [0.15, 0.2) is 35.5 Å². The first-order chi connectivity index (χ1) is 14.5. The minimum Gasteiger partial charge on any atom is -0.503 e. The fourth-order valence-corrected chi connectivity index (χ4v) is 4.56. The first-order valence-electron chi connectivity index (χ1n) is 10.5. The van der Waals surface area contributed by atoms with Gasteiger partial charge in [0, 0.05) is 24.8 Å². The molecule has 8 nitrogen and oxygen atoms in total. The normalized spacial score (nSPS) is 15.5. The molecule has 0 bridgehead atoms. The van der Waals surface area contributed by atoms with E-state index in [1.165, 1.54) is 23.5 Å². The molecular weight excluding hydrogens is 382 g/mol. The average molecular weight is 409 g/mol. The molecule has 1 aliphatic rings. The van der Waals surface area contributed by atoms with Crippen LogP contribution in [0.25, 0.3) is 11.0 Å². The van der Waals surface area contributed by atoms with Gasteiger partial charge in [-0.1, -0.05) is 26.2 Å². The molecule has 4 rings (SSSR count). The van der Waals surface area contributed by atoms with Crippen LogP contribution in [0.2, 0.25) is 0 Å². The molecule has 3 aromatic heterocycles. The summed E-state index contributed by atoms with van der Waals surface area (Å²) >= 11 is 0. The average Bonchev–Trinajstić information content (AvgIpc) is 3.37. The number of carbonyl (C=O) groups excluding carboxylic acids is 1. The number of hydrogen-bond acceptors (Lipinski definition) is 5. The Bertz CT molecular complexity index is 1140. The summed E-state index contributed by atoms with van der Waals surface area (Å²) in [5, 5.41) is 17.8. The van der Waals surface area contributed by atoms with Gasteiger partial charge in [0.1, 0.15) is 5.65 Å². The number of nitrogens with zero attached hydrogens (tertiary/aromatic N) is 4. The van der Waals surface area contributed by atoms with Crippen LogP contribution in [0.3, 0.4) is 0 Å². The lowest BCUT2D eigenvalue weighted by molar-refractivity contribution is 0.0952. The molecule has 3 heterocycles. The molecule has 0 aromatic carbocycles. The molecule has 0 aliphatic heterocycles. The van der Waals surface area contributed by atoms with E-state index in [4.69, 9.17) is 4.98 Å². The maximum Gasteiger partial charge on any atom is 0.275 e. The predicted octanol–water partition coefficient (Wildman–Crippen LogP) is 2.58. The van der Waals surface area contributed by atoms with Crippen molar-refractivity contribution < 1.29 is 9.90 Å². The van der Waals surface area contributed by atoms with Gasteiger partial charge in [-0.15, -0.1) is 0 Å². The third kappa shape index (κ3) is 3.46. The standard InChI is InChI=1S/C22H27N5O3/c1-3-6-15-11-16-7-10-27(20(16)24-12-15)22(8-4-5-9-22)14-26-13-17(28)19(29)18(25-26)21(30)23-2/h7,10-13,28H,3-6,8-9,14H2,1-2H3,(H,23,30). The molecule has 1 amide bonds. The zero-order valence-electron chi connectivity index (χ0n) is 17.4. The summed E-state index contributed by atoms with van der Waals surface area (Å²) in [6, 6.07) is 4.28. The lowest BCUT2D eigenvalue weighted by atomic mass is 9.97. The molecule has 0 spiro atoms. The molecule has 0 unspecified atom stereocenters. The molecule has 0 radical (unpaired) electrons. The summed E-state index contributed by atoms with van der Waals surface area (Å²) in [6.45, 7) is 2.59. The monoisotopic (exact) mass is 409 g/mol. The molecule has 3 aromatic rings. The quantitative estimate of drug-likeness (QED) is 0.652. The number of fused-ring (bicyclic) bond motifs is 1. The van der Waals surface area contributed by atoms with Crippen molar-refractivity contribution in [1.82, 2.24) is 24.6 Å². The van der Waals surface area contributed by atoms with Crippen LogP contribution < -0.4 is 10.7 Å². The number of aryl methyl sites for hydroxylation is 1. The summed E-state index contributed by atoms with van der Waals surface area (Å²) in [5.41, 5.74) is 0.808. The van der Waals surface area contributed by atoms with E-state index < -0.39 is 17.1 Å². The Morgan fingerprint density at radius 1 is 1.33 bits per heavy atom. The Hall–Kier alpha value is -3.16. The van der Waals surface area contributed by atoms with Crippen LogP contribution in [-0.4, -0.2) is 37.4 Å². The lowest BCUT2D eigenvalue weighted by Crippen LogP contribution is -2.37. The Labute approximate surface area is 174 Å². The zero-order chi connectivity index (χ0) is 21.3. The fourth-order valence-electron chi connectivity index (χ4n) is 4.56. The van der Waals surface area contributed by atoms with E-state index in [1.54, 1.807) is 0 Å². The molecule has 1 fully saturated rings. The zero-order valence-corrected chi connectivity index (χ0v) is 17.4. The SMILES string of the molecule is CCCc1cnc2c(ccn2C2(Cn3cc(O)c(=O)c(C(=O)NC)n3)CCCC2)c1. The molecule has 30 heavy (non-hydrogen) atoms. The van der Waals surface area contributed by atoms with Gasteiger partial charge >= 0.3 is 0 Å². The largest absolute Gasteiger partial charge is 0.503 e. The van der Waals surface area contributed by atoms with E-state index in [0.29, 0.717) is 6.54 Å². The summed E-state index contributed by atoms with van der Waals surface area (Å²) in [6.07, 6.45) is 11.4. The number of carbonyl (C=O) groups is 1. The lowest BCUT2D eigenvalue weighted by Gasteiger charge is -2.32. The van der Waals surface area contributed by atoms with Crippen LogP contribution >= 0.6 is 0 Å². The third-order valence-electron chi connectivity index (χ3n) is 6.01. The van der Waals surface area contributed by atoms with Gasteiger partial charge in [-0.2, -0.15) is 5.10 Å². The summed E-state index contributed by atoms with van der Waals surface area (Å²) < 4.78 is 3.73. The topological polar surface area (TPSA) is 102 Å². The molecule has 1 saturated carbocycles. The van der Waals surface area contributed by atoms with Crippen molar-refractivity contribution in [3.63, 3.8) is 0 Å². The van der Waals surface area contributed by atoms with Gasteiger partial charge in [0.25, 0.3) is 11.3 Å². The van der Waals surface area contributed by atoms with Crippen LogP contribution in [-0.2, 0) is 18.5 Å². The van der Waals surface area contributed by atoms with Gasteiger partial charge < -0.3 is 15.0 Å². The highest BCUT2D eigenvalue weighted by Gasteiger charge is 2.37. The Morgan fingerprint density at radius 3 is 2.80 bits per heavy atom. The molecule has 1 aliphatic carbocycles. The Kier molecular flexibility index (Phi) is 5.32. The molecule has 0 saturated heterocycles. The highest BCUT2D eigenvalue weighted by atomic mass is 16.3. The minimum absolute atomic E-state index is 0.282. The fraction of sp³-hybridized carbons (Fsp3) is 0.455. The highest BCUT2D eigenvalue weighted by molar-refractivity contribution is 5.92. The van der Waals surface area contributed by atoms with Gasteiger partial charge in [0.15, 0.2) is 11.4 Å². The Balaban J connectivity index is 1.76. The number of nitrogens with one attached hydrogen (secondary N) is 1. The van der Waals surface area contributed by atoms with Gasteiger partial charge in [0.05, 0.1) is 18.3 Å². The second-order valence-electron chi connectivity index (χ2n) is 8.09. The summed E-state index contributed by atoms with van der Waals surface area (Å²) in [4.78, 5) is 28.9. The number of rotatable bonds is 6. The van der Waals surface area contributed by atoms with Crippen LogP contribution in [0.1, 0.15) is 55.1 Å². The molecule has 2 N–H and O–H groups in total. The van der Waals surface area contributed by atoms with E-state index in [9.17, 15) is 14.7 Å². The van der Waals surface area contributed by atoms with Gasteiger partial charge in [0.2, 0.25) is 0 Å². The predicted molar refractivity (Wildman–Crippen MR) is 114 cm³/mol. The molecular formula is C22H27N5O3. The van der Waals surface area contributed by atoms with Crippen molar-refractivity contribution in [2.45, 2.75) is 57.5 Å². The van der Waals surface area contributed by atoms with E-state index in [1.807, 2.05) is 6.20 Å². The number of aromatic nitrogens is 4. The number of aromatic hydroxyl groups is 1. The van der Waals surface area contributed by atoms with Crippen LogP contribution in [0, 0.1) is 0 Å². The molecule has 158 valence electrons. The number of amides is 1. The van der Waals surface area contributed by atoms with E-state index in [2.05, 4.69) is 40.2 Å². The molecule has 0 atom stereocenters. The van der Waals surface area contributed by atoms with Gasteiger partial charge in [-0.05, 0) is 37.0 Å². The van der Waals surface area contributed by atoms with Gasteiger partial charge in [-0.3, -0.25) is 14.3 Å². The third-order valence-corrected chi connectivity index (χ3v) is 6.01. The Morgan fingerprint density at radius 2 is 2.10 bits per heavy atom. The molecule has 8 heteroatoms. The van der Waals surface area contributed by atoms with Crippen molar-refractivity contribution >= 4 is 16.9 Å². The first-order valence-corrected chi connectivity index (χ1v) is 10.5. The maximum absolute atomic E-state index is 12.1. The summed E-state index contributed by atoms with van der Waals surface area (Å²) in [7, 11) is 1.43. The van der Waals surface area contributed by atoms with Crippen LogP contribution in [0.5, 0.6) is 5.75 Å². The van der Waals surface area contributed by atoms with Crippen LogP contribution in [0.4, 0.5) is 0 Å². The van der Waals surface area contributed by atoms with Crippen molar-refractivity contribution in [3.8, 4) is 5.75 Å². The van der Waals surface area contributed by atoms with Crippen molar-refractivity contribution in [3.05, 3.63) is 52.2 Å². The van der Waals surface area contributed by atoms with E-state index in [0.717, 1.165) is 49.6 Å². The minimum atomic E-state index is -0.761. The number of hydrogen-bond donors (Lipinski definition) is 2. The van der Waals surface area contributed by atoms with Crippen molar-refractivity contribution in [2.24, 2.45) is 0 Å². The second-order valence-corrected chi connectivity index (χ2v) is 8.09. The highest BCUT2D eigenvalue weighted by Crippen LogP contribution is 2.40.